The molecule has 1 aromatic heterocycles. The van der Waals surface area contributed by atoms with E-state index < -0.39 is 0 Å². The number of nitrogens with zero attached hydrogens (tertiary/aromatic N) is 4. The summed E-state index contributed by atoms with van der Waals surface area (Å²) in [6.45, 7) is 5.02. The first kappa shape index (κ1) is 19.9. The Bertz CT molecular complexity index is 993. The van der Waals surface area contributed by atoms with E-state index in [9.17, 15) is 5.26 Å². The van der Waals surface area contributed by atoms with Crippen LogP contribution in [0.5, 0.6) is 0 Å². The number of nitrogens with one attached hydrogen (secondary N) is 2. The second-order valence-corrected chi connectivity index (χ2v) is 7.64. The maximum atomic E-state index is 9.73. The van der Waals surface area contributed by atoms with Gasteiger partial charge in [0.1, 0.15) is 11.6 Å². The van der Waals surface area contributed by atoms with Gasteiger partial charge in [0.25, 0.3) is 0 Å². The van der Waals surface area contributed by atoms with Gasteiger partial charge >= 0.3 is 0 Å². The summed E-state index contributed by atoms with van der Waals surface area (Å²) < 4.78 is 0. The van der Waals surface area contributed by atoms with Gasteiger partial charge in [0, 0.05) is 32.0 Å². The van der Waals surface area contributed by atoms with E-state index in [1.54, 1.807) is 6.20 Å². The lowest BCUT2D eigenvalue weighted by molar-refractivity contribution is 0.206. The molecule has 30 heavy (non-hydrogen) atoms. The van der Waals surface area contributed by atoms with Crippen LogP contribution in [0.4, 0.5) is 0 Å². The molecule has 1 fully saturated rings. The number of guanidine groups is 1. The van der Waals surface area contributed by atoms with E-state index in [1.165, 1.54) is 5.56 Å². The first-order chi connectivity index (χ1) is 14.7. The van der Waals surface area contributed by atoms with Crippen LogP contribution in [0.3, 0.4) is 0 Å². The highest BCUT2D eigenvalue weighted by atomic mass is 15.2. The Labute approximate surface area is 177 Å². The summed E-state index contributed by atoms with van der Waals surface area (Å²) in [4.78, 5) is 11.7. The summed E-state index contributed by atoms with van der Waals surface area (Å²) in [6.07, 6.45) is 5.64. The molecule has 2 N–H and O–H groups in total. The van der Waals surface area contributed by atoms with Gasteiger partial charge in [-0.1, -0.05) is 36.4 Å². The predicted molar refractivity (Wildman–Crippen MR) is 119 cm³/mol. The van der Waals surface area contributed by atoms with Crippen LogP contribution in [-0.4, -0.2) is 35.0 Å². The highest BCUT2D eigenvalue weighted by Gasteiger charge is 2.22. The highest BCUT2D eigenvalue weighted by Crippen LogP contribution is 2.22. The van der Waals surface area contributed by atoms with Gasteiger partial charge in [0.05, 0.1) is 17.4 Å². The van der Waals surface area contributed by atoms with Crippen molar-refractivity contribution in [2.24, 2.45) is 4.99 Å². The van der Waals surface area contributed by atoms with Crippen molar-refractivity contribution in [3.05, 3.63) is 83.5 Å². The van der Waals surface area contributed by atoms with Gasteiger partial charge in [-0.3, -0.25) is 9.88 Å². The number of aliphatic imine (C=N–C) groups is 1. The van der Waals surface area contributed by atoms with E-state index in [0.29, 0.717) is 17.2 Å². The van der Waals surface area contributed by atoms with E-state index in [4.69, 9.17) is 4.99 Å². The number of aromatic nitrogens is 1. The maximum absolute atomic E-state index is 9.73. The number of benzene rings is 1. The van der Waals surface area contributed by atoms with Crippen molar-refractivity contribution < 1.29 is 0 Å². The van der Waals surface area contributed by atoms with Crippen molar-refractivity contribution in [1.29, 1.82) is 5.26 Å². The standard InChI is InChI=1S/C24H26N6/c1-18-16-27-24(29-23(18)21(15-25)22-9-5-6-12-26-22)28-20-10-13-30(14-11-20)17-19-7-3-2-4-8-19/h2-9,12,16,20H,10-11,13-14,17H2,1H3,(H2,27,28,29)/b23-21-. The number of hydrogen-bond donors (Lipinski definition) is 2. The third kappa shape index (κ3) is 4.76. The van der Waals surface area contributed by atoms with E-state index in [-0.39, 0.29) is 6.04 Å². The van der Waals surface area contributed by atoms with Gasteiger partial charge in [-0.25, -0.2) is 4.99 Å². The molecule has 0 radical (unpaired) electrons. The van der Waals surface area contributed by atoms with Crippen LogP contribution < -0.4 is 10.6 Å². The number of allylic oxidation sites excluding steroid dienone is 2. The molecule has 0 saturated carbocycles. The zero-order valence-corrected chi connectivity index (χ0v) is 17.2. The van der Waals surface area contributed by atoms with Gasteiger partial charge in [-0.15, -0.1) is 0 Å². The summed E-state index contributed by atoms with van der Waals surface area (Å²) in [5.41, 5.74) is 4.25. The zero-order valence-electron chi connectivity index (χ0n) is 17.2. The van der Waals surface area contributed by atoms with Gasteiger partial charge in [0.15, 0.2) is 5.96 Å². The lowest BCUT2D eigenvalue weighted by Crippen LogP contribution is -2.41. The van der Waals surface area contributed by atoms with Crippen molar-refractivity contribution in [2.45, 2.75) is 32.4 Å². The van der Waals surface area contributed by atoms with Crippen LogP contribution in [0.2, 0.25) is 0 Å². The monoisotopic (exact) mass is 398 g/mol. The van der Waals surface area contributed by atoms with Crippen LogP contribution in [0.15, 0.2) is 77.2 Å². The largest absolute Gasteiger partial charge is 0.332 e. The molecule has 0 unspecified atom stereocenters. The second-order valence-electron chi connectivity index (χ2n) is 7.64. The van der Waals surface area contributed by atoms with Gasteiger partial charge < -0.3 is 10.6 Å². The normalized spacial score (nSPS) is 20.7. The van der Waals surface area contributed by atoms with Crippen LogP contribution in [0, 0.1) is 11.3 Å². The number of nitriles is 1. The topological polar surface area (TPSA) is 76.3 Å². The predicted octanol–water partition coefficient (Wildman–Crippen LogP) is 3.43. The van der Waals surface area contributed by atoms with Crippen LogP contribution in [0.25, 0.3) is 5.57 Å². The Morgan fingerprint density at radius 1 is 1.17 bits per heavy atom. The average Bonchev–Trinajstić information content (AvgIpc) is 2.79. The number of piperidine rings is 1. The third-order valence-electron chi connectivity index (χ3n) is 5.46. The van der Waals surface area contributed by atoms with E-state index >= 15 is 0 Å². The smallest absolute Gasteiger partial charge is 0.200 e. The Morgan fingerprint density at radius 2 is 1.93 bits per heavy atom. The molecule has 6 heteroatoms. The van der Waals surface area contributed by atoms with Crippen molar-refractivity contribution in [1.82, 2.24) is 20.5 Å². The Hall–Kier alpha value is -3.43. The summed E-state index contributed by atoms with van der Waals surface area (Å²) in [5.74, 6) is 0.695. The molecule has 0 spiro atoms. The van der Waals surface area contributed by atoms with Gasteiger partial charge in [0.2, 0.25) is 0 Å². The molecule has 0 aliphatic carbocycles. The lowest BCUT2D eigenvalue weighted by atomic mass is 10.0. The molecular weight excluding hydrogens is 372 g/mol. The van der Waals surface area contributed by atoms with E-state index in [0.717, 1.165) is 43.7 Å². The molecule has 2 aliphatic heterocycles. The van der Waals surface area contributed by atoms with Crippen molar-refractivity contribution >= 4 is 11.5 Å². The van der Waals surface area contributed by atoms with Crippen LogP contribution in [0.1, 0.15) is 31.0 Å². The maximum Gasteiger partial charge on any atom is 0.200 e. The molecule has 2 aliphatic rings. The summed E-state index contributed by atoms with van der Waals surface area (Å²) in [6, 6.07) is 18.7. The molecule has 6 nitrogen and oxygen atoms in total. The molecular formula is C24H26N6. The molecule has 0 bridgehead atoms. The van der Waals surface area contributed by atoms with Crippen molar-refractivity contribution in [3.63, 3.8) is 0 Å². The first-order valence-corrected chi connectivity index (χ1v) is 10.3. The fraction of sp³-hybridized carbons (Fsp3) is 0.292. The quantitative estimate of drug-likeness (QED) is 0.772. The fourth-order valence-electron chi connectivity index (χ4n) is 3.81. The average molecular weight is 399 g/mol. The SMILES string of the molecule is CC1=CNC(=NC2CCN(Cc3ccccc3)CC2)N/C1=C(/C#N)c1ccccn1. The minimum Gasteiger partial charge on any atom is -0.332 e. The molecule has 0 atom stereocenters. The molecule has 0 amide bonds. The molecule has 1 saturated heterocycles. The number of hydrogen-bond acceptors (Lipinski definition) is 4. The fourth-order valence-corrected chi connectivity index (χ4v) is 3.81. The molecule has 4 rings (SSSR count). The van der Waals surface area contributed by atoms with Crippen molar-refractivity contribution in [3.8, 4) is 6.07 Å². The van der Waals surface area contributed by atoms with Crippen molar-refractivity contribution in [2.75, 3.05) is 13.1 Å². The Balaban J connectivity index is 1.43. The van der Waals surface area contributed by atoms with E-state index in [2.05, 4.69) is 56.9 Å². The summed E-state index contributed by atoms with van der Waals surface area (Å²) in [5, 5.41) is 16.3. The number of likely N-dealkylation sites (tertiary alicyclic amines) is 1. The Morgan fingerprint density at radius 3 is 2.63 bits per heavy atom. The second kappa shape index (κ2) is 9.38. The summed E-state index contributed by atoms with van der Waals surface area (Å²) >= 11 is 0. The van der Waals surface area contributed by atoms with Gasteiger partial charge in [-0.05, 0) is 43.0 Å². The highest BCUT2D eigenvalue weighted by molar-refractivity contribution is 5.90. The number of pyridine rings is 1. The molecule has 2 aromatic rings. The zero-order chi connectivity index (χ0) is 20.8. The Kier molecular flexibility index (Phi) is 6.21. The molecule has 3 heterocycles. The molecule has 152 valence electrons. The van der Waals surface area contributed by atoms with Crippen LogP contribution in [-0.2, 0) is 6.54 Å². The van der Waals surface area contributed by atoms with E-state index in [1.807, 2.05) is 31.3 Å². The first-order valence-electron chi connectivity index (χ1n) is 10.3. The van der Waals surface area contributed by atoms with Gasteiger partial charge in [-0.2, -0.15) is 5.26 Å². The minimum atomic E-state index is 0.264. The molecule has 1 aromatic carbocycles. The number of rotatable bonds is 4. The van der Waals surface area contributed by atoms with Crippen LogP contribution >= 0.6 is 0 Å². The minimum absolute atomic E-state index is 0.264. The lowest BCUT2D eigenvalue weighted by Gasteiger charge is -2.31. The third-order valence-corrected chi connectivity index (χ3v) is 5.46. The summed E-state index contributed by atoms with van der Waals surface area (Å²) in [7, 11) is 0.